The van der Waals surface area contributed by atoms with Gasteiger partial charge in [0.15, 0.2) is 0 Å². The maximum absolute atomic E-state index is 2.63. The van der Waals surface area contributed by atoms with Gasteiger partial charge < -0.3 is 0 Å². The third-order valence-electron chi connectivity index (χ3n) is 8.73. The van der Waals surface area contributed by atoms with E-state index in [2.05, 4.69) is 148 Å². The van der Waals surface area contributed by atoms with E-state index < -0.39 is 25.8 Å². The minimum absolute atomic E-state index is 0.521. The zero-order valence-electron chi connectivity index (χ0n) is 24.1. The number of allylic oxidation sites excluding steroid dienone is 2. The molecule has 2 aliphatic rings. The van der Waals surface area contributed by atoms with E-state index in [1.165, 1.54) is 43.1 Å². The summed E-state index contributed by atoms with van der Waals surface area (Å²) in [4.78, 5) is 2.87. The van der Waals surface area contributed by atoms with Crippen LogP contribution in [0.25, 0.3) is 40.0 Å². The average Bonchev–Trinajstić information content (AvgIpc) is 3.69. The van der Waals surface area contributed by atoms with Crippen LogP contribution >= 0.6 is 11.3 Å². The molecule has 0 spiro atoms. The molecule has 200 valence electrons. The molecule has 1 heterocycles. The summed E-state index contributed by atoms with van der Waals surface area (Å²) in [5, 5.41) is 0. The summed E-state index contributed by atoms with van der Waals surface area (Å²) in [5.41, 5.74) is 14.2. The van der Waals surface area contributed by atoms with Gasteiger partial charge in [-0.25, -0.2) is 0 Å². The molecule has 41 heavy (non-hydrogen) atoms. The summed E-state index contributed by atoms with van der Waals surface area (Å²) in [7, 11) is 0. The van der Waals surface area contributed by atoms with Crippen LogP contribution in [-0.2, 0) is 20.4 Å². The molecule has 1 aromatic heterocycles. The molecule has 0 aliphatic heterocycles. The SMILES string of the molecule is CC1=Cc2c(-c3ccccc3)cccc2[CH]1[Zr]([CH]1C(c2ccc(C)s2)=Cc2c(-c3ccccc3)cccc21)=[Si](C)C. The van der Waals surface area contributed by atoms with Gasteiger partial charge in [-0.05, 0) is 0 Å². The second-order valence-corrected chi connectivity index (χ2v) is 30.7. The second-order valence-electron chi connectivity index (χ2n) is 11.6. The van der Waals surface area contributed by atoms with Gasteiger partial charge >= 0.3 is 258 Å². The van der Waals surface area contributed by atoms with Crippen molar-refractivity contribution in [1.82, 2.24) is 0 Å². The molecule has 0 bridgehead atoms. The van der Waals surface area contributed by atoms with Gasteiger partial charge in [-0.15, -0.1) is 0 Å². The summed E-state index contributed by atoms with van der Waals surface area (Å²) in [6, 6.07) is 40.9. The van der Waals surface area contributed by atoms with Crippen molar-refractivity contribution in [1.29, 1.82) is 0 Å². The van der Waals surface area contributed by atoms with Crippen molar-refractivity contribution >= 4 is 34.5 Å². The third kappa shape index (κ3) is 4.77. The molecule has 0 fully saturated rings. The Balaban J connectivity index is 1.43. The van der Waals surface area contributed by atoms with E-state index in [1.807, 2.05) is 11.3 Å². The monoisotopic (exact) mass is 640 g/mol. The first kappa shape index (κ1) is 27.0. The van der Waals surface area contributed by atoms with Crippen LogP contribution in [0.4, 0.5) is 0 Å². The molecule has 0 saturated carbocycles. The maximum atomic E-state index is 2.63. The first-order valence-corrected chi connectivity index (χ1v) is 24.4. The Labute approximate surface area is 256 Å². The number of hydrogen-bond donors (Lipinski definition) is 0. The Hall–Kier alpha value is -2.84. The van der Waals surface area contributed by atoms with Crippen LogP contribution in [-0.4, -0.2) is 5.43 Å². The molecule has 4 aromatic carbocycles. The van der Waals surface area contributed by atoms with Crippen molar-refractivity contribution in [3.05, 3.63) is 147 Å². The van der Waals surface area contributed by atoms with Gasteiger partial charge in [-0.1, -0.05) is 0 Å². The molecule has 0 N–H and O–H groups in total. The second kappa shape index (κ2) is 11.1. The van der Waals surface area contributed by atoms with Crippen molar-refractivity contribution in [3.8, 4) is 22.3 Å². The van der Waals surface area contributed by atoms with E-state index in [0.29, 0.717) is 7.25 Å². The van der Waals surface area contributed by atoms with E-state index in [9.17, 15) is 0 Å². The molecule has 2 unspecified atom stereocenters. The van der Waals surface area contributed by atoms with Crippen LogP contribution in [0.3, 0.4) is 0 Å². The molecule has 0 nitrogen and oxygen atoms in total. The molecule has 2 atom stereocenters. The van der Waals surface area contributed by atoms with Gasteiger partial charge in [-0.3, -0.25) is 0 Å². The normalized spacial score (nSPS) is 17.1. The van der Waals surface area contributed by atoms with E-state index >= 15 is 0 Å². The first-order chi connectivity index (χ1) is 20.0. The Morgan fingerprint density at radius 2 is 1.15 bits per heavy atom. The van der Waals surface area contributed by atoms with Crippen LogP contribution in [0.5, 0.6) is 0 Å². The van der Waals surface area contributed by atoms with E-state index in [-0.39, 0.29) is 0 Å². The third-order valence-corrected chi connectivity index (χ3v) is 29.3. The summed E-state index contributed by atoms with van der Waals surface area (Å²) < 4.78 is 1.18. The van der Waals surface area contributed by atoms with Crippen molar-refractivity contribution in [3.63, 3.8) is 0 Å². The molecule has 0 amide bonds. The molecule has 0 saturated heterocycles. The van der Waals surface area contributed by atoms with Gasteiger partial charge in [0.2, 0.25) is 0 Å². The van der Waals surface area contributed by atoms with E-state index in [4.69, 9.17) is 0 Å². The Bertz CT molecular complexity index is 1870. The van der Waals surface area contributed by atoms with Crippen molar-refractivity contribution in [2.45, 2.75) is 34.2 Å². The van der Waals surface area contributed by atoms with Crippen LogP contribution in [0.1, 0.15) is 46.2 Å². The van der Waals surface area contributed by atoms with Crippen LogP contribution in [0.15, 0.2) is 115 Å². The predicted molar refractivity (Wildman–Crippen MR) is 177 cm³/mol. The molecular formula is C38H34SSiZr. The number of fused-ring (bicyclic) bond motifs is 2. The summed E-state index contributed by atoms with van der Waals surface area (Å²) in [5.74, 6) is 0. The van der Waals surface area contributed by atoms with Crippen LogP contribution in [0, 0.1) is 6.92 Å². The zero-order valence-corrected chi connectivity index (χ0v) is 28.4. The molecule has 0 radical (unpaired) electrons. The molecule has 2 aliphatic carbocycles. The summed E-state index contributed by atoms with van der Waals surface area (Å²) >= 11 is -0.253. The number of aryl methyl sites for hydroxylation is 1. The first-order valence-electron chi connectivity index (χ1n) is 14.5. The summed E-state index contributed by atoms with van der Waals surface area (Å²) in [6.07, 6.45) is 5.14. The van der Waals surface area contributed by atoms with Gasteiger partial charge in [0, 0.05) is 0 Å². The fourth-order valence-electron chi connectivity index (χ4n) is 6.99. The van der Waals surface area contributed by atoms with Crippen molar-refractivity contribution in [2.75, 3.05) is 0 Å². The van der Waals surface area contributed by atoms with Crippen molar-refractivity contribution < 1.29 is 20.4 Å². The summed E-state index contributed by atoms with van der Waals surface area (Å²) in [6.45, 7) is 9.94. The predicted octanol–water partition coefficient (Wildman–Crippen LogP) is 11.0. The van der Waals surface area contributed by atoms with Gasteiger partial charge in [-0.2, -0.15) is 0 Å². The van der Waals surface area contributed by atoms with Gasteiger partial charge in [0.05, 0.1) is 0 Å². The zero-order chi connectivity index (χ0) is 28.1. The minimum atomic E-state index is -2.23. The Morgan fingerprint density at radius 1 is 0.585 bits per heavy atom. The number of rotatable bonds is 5. The number of hydrogen-bond acceptors (Lipinski definition) is 1. The van der Waals surface area contributed by atoms with Crippen LogP contribution in [0.2, 0.25) is 13.1 Å². The topological polar surface area (TPSA) is 0 Å². The number of benzene rings is 4. The molecule has 3 heteroatoms. The molecule has 5 aromatic rings. The van der Waals surface area contributed by atoms with Gasteiger partial charge in [0.1, 0.15) is 0 Å². The van der Waals surface area contributed by atoms with E-state index in [1.54, 1.807) is 22.3 Å². The average molecular weight is 642 g/mol. The Kier molecular flexibility index (Phi) is 7.32. The fraction of sp³-hybridized carbons (Fsp3) is 0.158. The Morgan fingerprint density at radius 3 is 1.68 bits per heavy atom. The van der Waals surface area contributed by atoms with E-state index in [0.717, 1.165) is 0 Å². The molecular weight excluding hydrogens is 608 g/mol. The number of thiophene rings is 1. The molecule has 7 rings (SSSR count). The van der Waals surface area contributed by atoms with Crippen LogP contribution < -0.4 is 0 Å². The van der Waals surface area contributed by atoms with Crippen molar-refractivity contribution in [2.24, 2.45) is 0 Å². The van der Waals surface area contributed by atoms with Gasteiger partial charge in [0.25, 0.3) is 0 Å². The fourth-order valence-corrected chi connectivity index (χ4v) is 28.5. The standard InChI is InChI=1S/C20H15S.C16H13.C2H6Si.Zr/c1-14-10-11-20(21-14)17-12-16-8-5-9-18(19(16)13-17)15-6-3-2-4-7-15;1-12-10-14-8-5-9-15(16(14)11-12)13-6-3-2-4-7-13;1-3-2;/h2-13H,1H3;2-11H,1H3;1-2H3;. The quantitative estimate of drug-likeness (QED) is 0.168.